The topological polar surface area (TPSA) is 75.5 Å². The predicted octanol–water partition coefficient (Wildman–Crippen LogP) is 11.2. The van der Waals surface area contributed by atoms with Crippen molar-refractivity contribution in [2.45, 2.75) is 18.5 Å². The number of furan rings is 3. The lowest BCUT2D eigenvalue weighted by Gasteiger charge is -2.39. The van der Waals surface area contributed by atoms with E-state index in [-0.39, 0.29) is 18.5 Å². The fraction of sp³-hybridized carbons (Fsp3) is 0.0667. The van der Waals surface area contributed by atoms with Crippen LogP contribution in [0.2, 0.25) is 0 Å². The molecule has 0 saturated carbocycles. The first-order chi connectivity index (χ1) is 25.2. The molecule has 0 spiro atoms. The van der Waals surface area contributed by atoms with Gasteiger partial charge in [-0.25, -0.2) is 0 Å². The molecule has 1 aliphatic heterocycles. The molecule has 51 heavy (non-hydrogen) atoms. The standard InChI is InChI=1S/C45H31N3O3/c1-2-10-26(11-3-1)43-46-44(28-21-23-32-30-12-4-6-18-37(30)49-39(32)25-28)48-45(47-43)36-17-9-16-35-33-22-20-27(24-40(33)51-42(35)36)29-14-8-15-34-31-13-5-7-19-38(31)50-41(29)34/h1-25,43-48H. The van der Waals surface area contributed by atoms with Gasteiger partial charge in [0.15, 0.2) is 0 Å². The molecule has 4 heterocycles. The first-order valence-electron chi connectivity index (χ1n) is 17.4. The minimum atomic E-state index is -0.221. The van der Waals surface area contributed by atoms with Crippen LogP contribution in [0.1, 0.15) is 35.2 Å². The zero-order valence-corrected chi connectivity index (χ0v) is 27.4. The van der Waals surface area contributed by atoms with Gasteiger partial charge in [0.25, 0.3) is 0 Å². The molecule has 10 aromatic rings. The number of fused-ring (bicyclic) bond motifs is 9. The molecule has 11 rings (SSSR count). The molecule has 3 aromatic heterocycles. The van der Waals surface area contributed by atoms with Crippen LogP contribution in [0.4, 0.5) is 0 Å². The highest BCUT2D eigenvalue weighted by Crippen LogP contribution is 2.40. The maximum Gasteiger partial charge on any atom is 0.143 e. The third-order valence-electron chi connectivity index (χ3n) is 10.4. The Bertz CT molecular complexity index is 2940. The van der Waals surface area contributed by atoms with E-state index in [1.54, 1.807) is 0 Å². The number of benzene rings is 7. The van der Waals surface area contributed by atoms with Gasteiger partial charge in [-0.3, -0.25) is 16.0 Å². The zero-order valence-electron chi connectivity index (χ0n) is 27.4. The number of hydrogen-bond acceptors (Lipinski definition) is 6. The Labute approximate surface area is 292 Å². The summed E-state index contributed by atoms with van der Waals surface area (Å²) >= 11 is 0. The Morgan fingerprint density at radius 2 is 0.922 bits per heavy atom. The van der Waals surface area contributed by atoms with Crippen LogP contribution in [0, 0.1) is 0 Å². The highest BCUT2D eigenvalue weighted by atomic mass is 16.3. The maximum absolute atomic E-state index is 6.80. The quantitative estimate of drug-likeness (QED) is 0.174. The average Bonchev–Trinajstić information content (AvgIpc) is 3.88. The molecule has 244 valence electrons. The summed E-state index contributed by atoms with van der Waals surface area (Å²) in [5.74, 6) is 0. The normalized spacial score (nSPS) is 18.2. The Kier molecular flexibility index (Phi) is 6.27. The summed E-state index contributed by atoms with van der Waals surface area (Å²) in [5.41, 5.74) is 10.6. The van der Waals surface area contributed by atoms with Crippen LogP contribution in [0.15, 0.2) is 165 Å². The second kappa shape index (κ2) is 11.2. The Morgan fingerprint density at radius 3 is 1.76 bits per heavy atom. The van der Waals surface area contributed by atoms with Crippen LogP contribution in [0.5, 0.6) is 0 Å². The van der Waals surface area contributed by atoms with E-state index in [0.29, 0.717) is 0 Å². The fourth-order valence-corrected chi connectivity index (χ4v) is 7.97. The number of hydrogen-bond donors (Lipinski definition) is 3. The number of nitrogens with one attached hydrogen (secondary N) is 3. The van der Waals surface area contributed by atoms with E-state index in [1.165, 1.54) is 0 Å². The van der Waals surface area contributed by atoms with Crippen molar-refractivity contribution in [1.29, 1.82) is 0 Å². The van der Waals surface area contributed by atoms with Crippen molar-refractivity contribution < 1.29 is 13.3 Å². The summed E-state index contributed by atoms with van der Waals surface area (Å²) < 4.78 is 19.5. The monoisotopic (exact) mass is 661 g/mol. The molecule has 1 aliphatic rings. The third kappa shape index (κ3) is 4.55. The Balaban J connectivity index is 1.01. The molecule has 3 atom stereocenters. The largest absolute Gasteiger partial charge is 0.456 e. The van der Waals surface area contributed by atoms with Crippen LogP contribution < -0.4 is 16.0 Å². The van der Waals surface area contributed by atoms with Gasteiger partial charge in [0.1, 0.15) is 33.5 Å². The molecule has 0 aliphatic carbocycles. The van der Waals surface area contributed by atoms with Crippen LogP contribution in [-0.2, 0) is 0 Å². The molecule has 3 unspecified atom stereocenters. The molecule has 6 heteroatoms. The first-order valence-corrected chi connectivity index (χ1v) is 17.4. The van der Waals surface area contributed by atoms with Crippen molar-refractivity contribution in [3.05, 3.63) is 168 Å². The lowest BCUT2D eigenvalue weighted by Crippen LogP contribution is -2.54. The fourth-order valence-electron chi connectivity index (χ4n) is 7.97. The second-order valence-corrected chi connectivity index (χ2v) is 13.4. The van der Waals surface area contributed by atoms with E-state index in [4.69, 9.17) is 13.3 Å². The lowest BCUT2D eigenvalue weighted by molar-refractivity contribution is 0.203. The molecule has 3 N–H and O–H groups in total. The molecule has 1 saturated heterocycles. The molecule has 6 nitrogen and oxygen atoms in total. The minimum absolute atomic E-state index is 0.121. The molecular weight excluding hydrogens is 631 g/mol. The SMILES string of the molecule is c1ccc(C2NC(c3ccc4c(c3)oc3ccccc34)NC(c3cccc4c3oc3cc(-c5cccc6c5oc5ccccc56)ccc34)N2)cc1. The van der Waals surface area contributed by atoms with Crippen molar-refractivity contribution in [3.63, 3.8) is 0 Å². The first kappa shape index (κ1) is 28.6. The van der Waals surface area contributed by atoms with Gasteiger partial charge in [-0.05, 0) is 47.0 Å². The van der Waals surface area contributed by atoms with Crippen molar-refractivity contribution in [2.24, 2.45) is 0 Å². The van der Waals surface area contributed by atoms with E-state index >= 15 is 0 Å². The van der Waals surface area contributed by atoms with Gasteiger partial charge in [0.05, 0.1) is 18.5 Å². The summed E-state index contributed by atoms with van der Waals surface area (Å²) in [6.07, 6.45) is -0.514. The summed E-state index contributed by atoms with van der Waals surface area (Å²) in [7, 11) is 0. The van der Waals surface area contributed by atoms with E-state index in [2.05, 4.69) is 137 Å². The van der Waals surface area contributed by atoms with Gasteiger partial charge in [0.2, 0.25) is 0 Å². The van der Waals surface area contributed by atoms with E-state index in [9.17, 15) is 0 Å². The molecular formula is C45H31N3O3. The summed E-state index contributed by atoms with van der Waals surface area (Å²) in [4.78, 5) is 0. The predicted molar refractivity (Wildman–Crippen MR) is 204 cm³/mol. The van der Waals surface area contributed by atoms with Crippen molar-refractivity contribution >= 4 is 65.8 Å². The van der Waals surface area contributed by atoms with Gasteiger partial charge in [-0.1, -0.05) is 121 Å². The van der Waals surface area contributed by atoms with E-state index in [1.807, 2.05) is 30.3 Å². The Morgan fingerprint density at radius 1 is 0.353 bits per heavy atom. The van der Waals surface area contributed by atoms with Gasteiger partial charge in [-0.15, -0.1) is 0 Å². The van der Waals surface area contributed by atoms with Crippen molar-refractivity contribution in [3.8, 4) is 11.1 Å². The smallest absolute Gasteiger partial charge is 0.143 e. The lowest BCUT2D eigenvalue weighted by atomic mass is 10.00. The summed E-state index contributed by atoms with van der Waals surface area (Å²) in [6.45, 7) is 0. The summed E-state index contributed by atoms with van der Waals surface area (Å²) in [5, 5.41) is 18.1. The van der Waals surface area contributed by atoms with Crippen LogP contribution >= 0.6 is 0 Å². The summed E-state index contributed by atoms with van der Waals surface area (Å²) in [6, 6.07) is 52.6. The molecule has 1 fully saturated rings. The van der Waals surface area contributed by atoms with Crippen LogP contribution in [-0.4, -0.2) is 0 Å². The highest BCUT2D eigenvalue weighted by molar-refractivity contribution is 6.11. The highest BCUT2D eigenvalue weighted by Gasteiger charge is 2.32. The van der Waals surface area contributed by atoms with Crippen LogP contribution in [0.25, 0.3) is 76.9 Å². The van der Waals surface area contributed by atoms with Gasteiger partial charge in [-0.2, -0.15) is 0 Å². The molecule has 0 amide bonds. The second-order valence-electron chi connectivity index (χ2n) is 13.4. The Hall–Kier alpha value is -6.18. The van der Waals surface area contributed by atoms with Gasteiger partial charge < -0.3 is 13.3 Å². The van der Waals surface area contributed by atoms with E-state index in [0.717, 1.165) is 93.6 Å². The molecule has 0 bridgehead atoms. The van der Waals surface area contributed by atoms with E-state index < -0.39 is 0 Å². The third-order valence-corrected chi connectivity index (χ3v) is 10.4. The van der Waals surface area contributed by atoms with Crippen LogP contribution in [0.3, 0.4) is 0 Å². The minimum Gasteiger partial charge on any atom is -0.456 e. The number of rotatable bonds is 4. The maximum atomic E-state index is 6.80. The molecule has 0 radical (unpaired) electrons. The van der Waals surface area contributed by atoms with Crippen molar-refractivity contribution in [1.82, 2.24) is 16.0 Å². The van der Waals surface area contributed by atoms with Gasteiger partial charge in [0, 0.05) is 43.4 Å². The number of para-hydroxylation sites is 4. The van der Waals surface area contributed by atoms with Gasteiger partial charge >= 0.3 is 0 Å². The average molecular weight is 662 g/mol. The molecule has 7 aromatic carbocycles. The van der Waals surface area contributed by atoms with Crippen molar-refractivity contribution in [2.75, 3.05) is 0 Å². The zero-order chi connectivity index (χ0) is 33.5.